The highest BCUT2D eigenvalue weighted by Gasteiger charge is 2.01. The molecule has 0 rings (SSSR count). The molecule has 2 heteroatoms. The summed E-state index contributed by atoms with van der Waals surface area (Å²) in [7, 11) is 0. The normalized spacial score (nSPS) is 12.5. The van der Waals surface area contributed by atoms with Gasteiger partial charge in [-0.2, -0.15) is 11.8 Å². The van der Waals surface area contributed by atoms with Gasteiger partial charge in [0.1, 0.15) is 0 Å². The Hall–Kier alpha value is -0.130. The Kier molecular flexibility index (Phi) is 7.88. The topological polar surface area (TPSA) is 20.2 Å². The second kappa shape index (κ2) is 7.97. The Bertz CT molecular complexity index is 117. The van der Waals surface area contributed by atoms with Crippen LogP contribution >= 0.6 is 11.8 Å². The number of aliphatic hydroxyl groups excluding tert-OH is 1. The van der Waals surface area contributed by atoms with Gasteiger partial charge in [0.15, 0.2) is 0 Å². The Morgan fingerprint density at radius 2 is 2.27 bits per heavy atom. The van der Waals surface area contributed by atoms with E-state index in [2.05, 4.69) is 12.2 Å². The van der Waals surface area contributed by atoms with E-state index in [9.17, 15) is 5.11 Å². The molecule has 0 amide bonds. The van der Waals surface area contributed by atoms with Crippen molar-refractivity contribution in [3.05, 3.63) is 0 Å². The van der Waals surface area contributed by atoms with Crippen molar-refractivity contribution in [2.45, 2.75) is 31.8 Å². The molecule has 0 aromatic rings. The Labute approximate surface area is 73.6 Å². The number of rotatable bonds is 6. The molecule has 1 atom stereocenters. The second-order valence-corrected chi connectivity index (χ2v) is 3.52. The Balaban J connectivity index is 3.10. The van der Waals surface area contributed by atoms with Crippen LogP contribution in [0.5, 0.6) is 0 Å². The van der Waals surface area contributed by atoms with Crippen molar-refractivity contribution in [2.75, 3.05) is 12.0 Å². The van der Waals surface area contributed by atoms with Crippen LogP contribution < -0.4 is 0 Å². The first-order valence-electron chi connectivity index (χ1n) is 3.91. The number of terminal acetylenes is 1. The van der Waals surface area contributed by atoms with Crippen molar-refractivity contribution in [3.8, 4) is 12.3 Å². The van der Waals surface area contributed by atoms with Crippen LogP contribution in [0.15, 0.2) is 0 Å². The third-order valence-electron chi connectivity index (χ3n) is 1.51. The second-order valence-electron chi connectivity index (χ2n) is 2.53. The molecule has 0 radical (unpaired) electrons. The van der Waals surface area contributed by atoms with Gasteiger partial charge in [0, 0.05) is 6.42 Å². The Morgan fingerprint density at radius 3 is 2.82 bits per heavy atom. The van der Waals surface area contributed by atoms with Crippen LogP contribution in [0.2, 0.25) is 0 Å². The summed E-state index contributed by atoms with van der Waals surface area (Å²) in [4.78, 5) is 0. The van der Waals surface area contributed by atoms with Gasteiger partial charge in [0.2, 0.25) is 0 Å². The highest BCUT2D eigenvalue weighted by atomic mass is 32.2. The average Bonchev–Trinajstić information content (AvgIpc) is 2.01. The van der Waals surface area contributed by atoms with Crippen LogP contribution in [0.1, 0.15) is 25.7 Å². The van der Waals surface area contributed by atoms with Crippen LogP contribution in [0, 0.1) is 12.3 Å². The van der Waals surface area contributed by atoms with Gasteiger partial charge in [-0.25, -0.2) is 0 Å². The van der Waals surface area contributed by atoms with E-state index in [1.54, 1.807) is 0 Å². The van der Waals surface area contributed by atoms with Gasteiger partial charge >= 0.3 is 0 Å². The molecular formula is C9H16OS. The van der Waals surface area contributed by atoms with Crippen LogP contribution in [-0.4, -0.2) is 23.2 Å². The zero-order valence-corrected chi connectivity index (χ0v) is 7.86. The summed E-state index contributed by atoms with van der Waals surface area (Å²) in [5.41, 5.74) is 0. The molecule has 1 unspecified atom stereocenters. The standard InChI is InChI=1S/C9H16OS/c1-3-4-6-9(10)7-5-8-11-2/h1,9-10H,4-8H2,2H3. The van der Waals surface area contributed by atoms with Crippen molar-refractivity contribution < 1.29 is 5.11 Å². The van der Waals surface area contributed by atoms with Crippen molar-refractivity contribution in [3.63, 3.8) is 0 Å². The molecule has 0 aliphatic heterocycles. The molecule has 0 aromatic heterocycles. The summed E-state index contributed by atoms with van der Waals surface area (Å²) >= 11 is 1.82. The van der Waals surface area contributed by atoms with Crippen molar-refractivity contribution in [2.24, 2.45) is 0 Å². The number of hydrogen-bond acceptors (Lipinski definition) is 2. The predicted octanol–water partition coefficient (Wildman–Crippen LogP) is 1.90. The average molecular weight is 172 g/mol. The van der Waals surface area contributed by atoms with Crippen molar-refractivity contribution in [1.82, 2.24) is 0 Å². The minimum atomic E-state index is -0.182. The molecule has 0 fully saturated rings. The molecule has 0 spiro atoms. The van der Waals surface area contributed by atoms with E-state index in [0.717, 1.165) is 25.0 Å². The zero-order valence-electron chi connectivity index (χ0n) is 7.05. The van der Waals surface area contributed by atoms with E-state index >= 15 is 0 Å². The lowest BCUT2D eigenvalue weighted by Gasteiger charge is -2.06. The van der Waals surface area contributed by atoms with Crippen molar-refractivity contribution in [1.29, 1.82) is 0 Å². The van der Waals surface area contributed by atoms with Crippen LogP contribution in [0.3, 0.4) is 0 Å². The van der Waals surface area contributed by atoms with Gasteiger partial charge < -0.3 is 5.11 Å². The molecule has 0 aromatic carbocycles. The van der Waals surface area contributed by atoms with E-state index < -0.39 is 0 Å². The minimum absolute atomic E-state index is 0.182. The third kappa shape index (κ3) is 7.77. The molecule has 0 saturated heterocycles. The van der Waals surface area contributed by atoms with E-state index in [-0.39, 0.29) is 6.10 Å². The maximum Gasteiger partial charge on any atom is 0.0549 e. The van der Waals surface area contributed by atoms with Crippen LogP contribution in [-0.2, 0) is 0 Å². The maximum atomic E-state index is 9.30. The summed E-state index contributed by atoms with van der Waals surface area (Å²) in [6, 6.07) is 0. The van der Waals surface area contributed by atoms with Gasteiger partial charge in [-0.05, 0) is 31.3 Å². The van der Waals surface area contributed by atoms with Gasteiger partial charge in [0.25, 0.3) is 0 Å². The quantitative estimate of drug-likeness (QED) is 0.488. The third-order valence-corrected chi connectivity index (χ3v) is 2.20. The SMILES string of the molecule is C#CCCC(O)CCCSC. The summed E-state index contributed by atoms with van der Waals surface area (Å²) in [5, 5.41) is 9.30. The molecule has 0 bridgehead atoms. The largest absolute Gasteiger partial charge is 0.393 e. The first kappa shape index (κ1) is 10.9. The highest BCUT2D eigenvalue weighted by Crippen LogP contribution is 2.06. The fraction of sp³-hybridized carbons (Fsp3) is 0.778. The van der Waals surface area contributed by atoms with Crippen molar-refractivity contribution >= 4 is 11.8 Å². The summed E-state index contributed by atoms with van der Waals surface area (Å²) in [5.74, 6) is 3.66. The molecule has 1 nitrogen and oxygen atoms in total. The van der Waals surface area contributed by atoms with Crippen LogP contribution in [0.4, 0.5) is 0 Å². The smallest absolute Gasteiger partial charge is 0.0549 e. The highest BCUT2D eigenvalue weighted by molar-refractivity contribution is 7.98. The predicted molar refractivity (Wildman–Crippen MR) is 51.7 cm³/mol. The first-order chi connectivity index (χ1) is 5.31. The minimum Gasteiger partial charge on any atom is -0.393 e. The lowest BCUT2D eigenvalue weighted by atomic mass is 10.1. The zero-order chi connectivity index (χ0) is 8.53. The summed E-state index contributed by atoms with van der Waals surface area (Å²) in [6.45, 7) is 0. The maximum absolute atomic E-state index is 9.30. The van der Waals surface area contributed by atoms with Crippen LogP contribution in [0.25, 0.3) is 0 Å². The number of hydrogen-bond donors (Lipinski definition) is 1. The fourth-order valence-corrected chi connectivity index (χ4v) is 1.31. The molecule has 1 N–H and O–H groups in total. The number of thioether (sulfide) groups is 1. The first-order valence-corrected chi connectivity index (χ1v) is 5.31. The van der Waals surface area contributed by atoms with E-state index in [4.69, 9.17) is 6.42 Å². The lowest BCUT2D eigenvalue weighted by molar-refractivity contribution is 0.156. The Morgan fingerprint density at radius 1 is 1.55 bits per heavy atom. The van der Waals surface area contributed by atoms with E-state index in [0.29, 0.717) is 6.42 Å². The number of aliphatic hydroxyl groups is 1. The van der Waals surface area contributed by atoms with Gasteiger partial charge in [-0.1, -0.05) is 0 Å². The van der Waals surface area contributed by atoms with Gasteiger partial charge in [0.05, 0.1) is 6.10 Å². The lowest BCUT2D eigenvalue weighted by Crippen LogP contribution is -2.05. The van der Waals surface area contributed by atoms with Gasteiger partial charge in [-0.15, -0.1) is 12.3 Å². The molecular weight excluding hydrogens is 156 g/mol. The van der Waals surface area contributed by atoms with E-state index in [1.807, 2.05) is 11.8 Å². The molecule has 0 aliphatic carbocycles. The molecule has 0 heterocycles. The van der Waals surface area contributed by atoms with Gasteiger partial charge in [-0.3, -0.25) is 0 Å². The summed E-state index contributed by atoms with van der Waals surface area (Å²) < 4.78 is 0. The molecule has 11 heavy (non-hydrogen) atoms. The monoisotopic (exact) mass is 172 g/mol. The molecule has 0 aliphatic rings. The molecule has 64 valence electrons. The summed E-state index contributed by atoms with van der Waals surface area (Å²) in [6.07, 6.45) is 10.4. The van der Waals surface area contributed by atoms with E-state index in [1.165, 1.54) is 0 Å². The molecule has 0 saturated carbocycles. The fourth-order valence-electron chi connectivity index (χ4n) is 0.858.